The molecule has 1 aromatic carbocycles. The Bertz CT molecular complexity index is 652. The molecule has 0 fully saturated rings. The maximum atomic E-state index is 12.8. The molecule has 0 aliphatic heterocycles. The number of nitrogens with zero attached hydrogens (tertiary/aromatic N) is 1. The smallest absolute Gasteiger partial charge is 0.223 e. The van der Waals surface area contributed by atoms with Gasteiger partial charge in [0.05, 0.1) is 0 Å². The lowest BCUT2D eigenvalue weighted by Crippen LogP contribution is -1.90. The van der Waals surface area contributed by atoms with Crippen molar-refractivity contribution in [2.45, 2.75) is 4.21 Å². The van der Waals surface area contributed by atoms with Crippen LogP contribution < -0.4 is 0 Å². The minimum absolute atomic E-state index is 0.0588. The van der Waals surface area contributed by atoms with E-state index in [9.17, 15) is 12.8 Å². The van der Waals surface area contributed by atoms with Crippen LogP contribution in [0.4, 0.5) is 4.39 Å². The van der Waals surface area contributed by atoms with Crippen molar-refractivity contribution in [3.05, 3.63) is 34.5 Å². The molecule has 0 radical (unpaired) electrons. The van der Waals surface area contributed by atoms with Crippen molar-refractivity contribution in [1.29, 1.82) is 0 Å². The second-order valence-corrected chi connectivity index (χ2v) is 7.39. The number of hydrogen-bond acceptors (Lipinski definition) is 4. The number of benzene rings is 1. The first kappa shape index (κ1) is 12.8. The lowest BCUT2D eigenvalue weighted by atomic mass is 10.2. The number of thiazole rings is 1. The lowest BCUT2D eigenvalue weighted by Gasteiger charge is -1.99. The van der Waals surface area contributed by atoms with E-state index in [0.717, 1.165) is 11.3 Å². The van der Waals surface area contributed by atoms with E-state index in [2.05, 4.69) is 4.98 Å². The van der Waals surface area contributed by atoms with Gasteiger partial charge in [-0.1, -0.05) is 22.9 Å². The molecule has 0 N–H and O–H groups in total. The molecule has 0 spiro atoms. The Morgan fingerprint density at radius 3 is 2.35 bits per heavy atom. The van der Waals surface area contributed by atoms with Crippen LogP contribution in [0.5, 0.6) is 0 Å². The summed E-state index contributed by atoms with van der Waals surface area (Å²) in [5.74, 6) is -0.426. The number of hydrogen-bond donors (Lipinski definition) is 0. The summed E-state index contributed by atoms with van der Waals surface area (Å²) < 4.78 is 35.3. The quantitative estimate of drug-likeness (QED) is 0.797. The predicted molar refractivity (Wildman–Crippen MR) is 65.6 cm³/mol. The van der Waals surface area contributed by atoms with Crippen LogP contribution in [0.2, 0.25) is 4.47 Å². The van der Waals surface area contributed by atoms with Gasteiger partial charge in [0, 0.05) is 16.2 Å². The average Bonchev–Trinajstić information content (AvgIpc) is 2.61. The minimum atomic E-state index is -3.92. The molecule has 1 aromatic heterocycles. The summed E-state index contributed by atoms with van der Waals surface area (Å²) in [5, 5.41) is 0. The van der Waals surface area contributed by atoms with Gasteiger partial charge >= 0.3 is 0 Å². The highest BCUT2D eigenvalue weighted by molar-refractivity contribution is 8.15. The summed E-state index contributed by atoms with van der Waals surface area (Å²) >= 11 is 6.42. The fraction of sp³-hybridized carbons (Fsp3) is 0. The van der Waals surface area contributed by atoms with Crippen LogP contribution >= 0.6 is 33.6 Å². The molecular weight excluding hydrogens is 308 g/mol. The van der Waals surface area contributed by atoms with Gasteiger partial charge in [-0.15, -0.1) is 0 Å². The molecule has 0 saturated carbocycles. The summed E-state index contributed by atoms with van der Waals surface area (Å²) in [6, 6.07) is 5.22. The zero-order valence-corrected chi connectivity index (χ0v) is 11.2. The van der Waals surface area contributed by atoms with Gasteiger partial charge in [0.25, 0.3) is 9.05 Å². The second-order valence-electron chi connectivity index (χ2n) is 3.05. The third kappa shape index (κ3) is 2.77. The van der Waals surface area contributed by atoms with E-state index in [1.54, 1.807) is 0 Å². The Hall–Kier alpha value is -0.690. The van der Waals surface area contributed by atoms with Gasteiger partial charge in [-0.25, -0.2) is 17.8 Å². The molecule has 2 aromatic rings. The van der Waals surface area contributed by atoms with Crippen LogP contribution in [-0.4, -0.2) is 13.4 Å². The molecular formula is C9H4Cl2FNO2S2. The van der Waals surface area contributed by atoms with Gasteiger partial charge in [0.15, 0.2) is 8.68 Å². The maximum Gasteiger partial charge on any atom is 0.273 e. The Labute approximate surface area is 110 Å². The Kier molecular flexibility index (Phi) is 3.40. The molecule has 0 unspecified atom stereocenters. The Balaban J connectivity index is 2.64. The van der Waals surface area contributed by atoms with E-state index in [4.69, 9.17) is 22.3 Å². The van der Waals surface area contributed by atoms with Crippen molar-refractivity contribution in [3.8, 4) is 11.3 Å². The van der Waals surface area contributed by atoms with Crippen LogP contribution in [0.1, 0.15) is 0 Å². The number of aromatic nitrogens is 1. The van der Waals surface area contributed by atoms with Crippen LogP contribution in [0.25, 0.3) is 11.3 Å². The zero-order valence-electron chi connectivity index (χ0n) is 8.02. The van der Waals surface area contributed by atoms with E-state index in [1.807, 2.05) is 0 Å². The third-order valence-electron chi connectivity index (χ3n) is 1.91. The molecule has 2 rings (SSSR count). The molecule has 0 aliphatic rings. The van der Waals surface area contributed by atoms with E-state index in [-0.39, 0.29) is 14.4 Å². The Morgan fingerprint density at radius 1 is 1.24 bits per heavy atom. The molecule has 0 saturated heterocycles. The van der Waals surface area contributed by atoms with Crippen LogP contribution in [0, 0.1) is 5.82 Å². The molecule has 0 aliphatic carbocycles. The SMILES string of the molecule is O=S(=O)(Cl)c1sc(Cl)nc1-c1ccc(F)cc1. The first-order chi connectivity index (χ1) is 7.88. The highest BCUT2D eigenvalue weighted by Gasteiger charge is 2.22. The molecule has 0 atom stereocenters. The summed E-state index contributed by atoms with van der Waals surface area (Å²) in [5.41, 5.74) is 0.573. The molecule has 17 heavy (non-hydrogen) atoms. The van der Waals surface area contributed by atoms with Gasteiger partial charge in [-0.3, -0.25) is 0 Å². The molecule has 90 valence electrons. The first-order valence-electron chi connectivity index (χ1n) is 4.25. The summed E-state index contributed by atoms with van der Waals surface area (Å²) in [6.45, 7) is 0. The normalized spacial score (nSPS) is 11.7. The van der Waals surface area contributed by atoms with Crippen LogP contribution in [0.15, 0.2) is 28.5 Å². The third-order valence-corrected chi connectivity index (χ3v) is 5.15. The van der Waals surface area contributed by atoms with Crippen molar-refractivity contribution in [2.24, 2.45) is 0 Å². The van der Waals surface area contributed by atoms with Gasteiger partial charge in [-0.05, 0) is 24.3 Å². The van der Waals surface area contributed by atoms with Crippen molar-refractivity contribution >= 4 is 42.7 Å². The van der Waals surface area contributed by atoms with E-state index in [1.165, 1.54) is 24.3 Å². The van der Waals surface area contributed by atoms with Crippen molar-refractivity contribution in [1.82, 2.24) is 4.98 Å². The highest BCUT2D eigenvalue weighted by Crippen LogP contribution is 2.36. The van der Waals surface area contributed by atoms with E-state index >= 15 is 0 Å². The monoisotopic (exact) mass is 311 g/mol. The second kappa shape index (κ2) is 4.53. The maximum absolute atomic E-state index is 12.8. The predicted octanol–water partition coefficient (Wildman–Crippen LogP) is 3.53. The average molecular weight is 312 g/mol. The first-order valence-corrected chi connectivity index (χ1v) is 7.75. The molecule has 8 heteroatoms. The van der Waals surface area contributed by atoms with Crippen molar-refractivity contribution in [3.63, 3.8) is 0 Å². The van der Waals surface area contributed by atoms with Gasteiger partial charge < -0.3 is 0 Å². The number of rotatable bonds is 2. The molecule has 1 heterocycles. The Morgan fingerprint density at radius 2 is 1.82 bits per heavy atom. The van der Waals surface area contributed by atoms with Crippen molar-refractivity contribution in [2.75, 3.05) is 0 Å². The zero-order chi connectivity index (χ0) is 12.6. The largest absolute Gasteiger partial charge is 0.273 e. The summed E-state index contributed by atoms with van der Waals surface area (Å²) in [7, 11) is 1.35. The lowest BCUT2D eigenvalue weighted by molar-refractivity contribution is 0.611. The van der Waals surface area contributed by atoms with Crippen molar-refractivity contribution < 1.29 is 12.8 Å². The molecule has 3 nitrogen and oxygen atoms in total. The molecule has 0 bridgehead atoms. The fourth-order valence-electron chi connectivity index (χ4n) is 1.24. The van der Waals surface area contributed by atoms with Crippen LogP contribution in [0.3, 0.4) is 0 Å². The summed E-state index contributed by atoms with van der Waals surface area (Å²) in [4.78, 5) is 3.87. The minimum Gasteiger partial charge on any atom is -0.223 e. The van der Waals surface area contributed by atoms with E-state index in [0.29, 0.717) is 5.56 Å². The van der Waals surface area contributed by atoms with Crippen LogP contribution in [-0.2, 0) is 9.05 Å². The summed E-state index contributed by atoms with van der Waals surface area (Å²) in [6.07, 6.45) is 0. The van der Waals surface area contributed by atoms with Gasteiger partial charge in [-0.2, -0.15) is 0 Å². The standard InChI is InChI=1S/C9H4Cl2FNO2S2/c10-9-13-7(8(16-9)17(11,14)15)5-1-3-6(12)4-2-5/h1-4H. The van der Waals surface area contributed by atoms with Gasteiger partial charge in [0.2, 0.25) is 0 Å². The topological polar surface area (TPSA) is 47.0 Å². The molecule has 0 amide bonds. The highest BCUT2D eigenvalue weighted by atomic mass is 35.7. The number of halogens is 3. The van der Waals surface area contributed by atoms with E-state index < -0.39 is 14.9 Å². The van der Waals surface area contributed by atoms with Gasteiger partial charge in [0.1, 0.15) is 11.5 Å². The fourth-order valence-corrected chi connectivity index (χ4v) is 3.77.